The highest BCUT2D eigenvalue weighted by molar-refractivity contribution is 5.92. The molecule has 1 heterocycles. The lowest BCUT2D eigenvalue weighted by Crippen LogP contribution is -2.20. The van der Waals surface area contributed by atoms with E-state index in [1.165, 1.54) is 7.11 Å². The molecule has 6 nitrogen and oxygen atoms in total. The fourth-order valence-corrected chi connectivity index (χ4v) is 1.07. The van der Waals surface area contributed by atoms with E-state index in [0.717, 1.165) is 12.2 Å². The molecule has 0 aliphatic carbocycles. The lowest BCUT2D eigenvalue weighted by atomic mass is 10.3. The van der Waals surface area contributed by atoms with Crippen molar-refractivity contribution in [3.63, 3.8) is 0 Å². The summed E-state index contributed by atoms with van der Waals surface area (Å²) in [5.74, 6) is -1.45. The maximum atomic E-state index is 11.1. The summed E-state index contributed by atoms with van der Waals surface area (Å²) in [6, 6.07) is 0. The van der Waals surface area contributed by atoms with Crippen LogP contribution in [-0.4, -0.2) is 37.6 Å². The molecule has 6 heteroatoms. The molecule has 1 aliphatic rings. The van der Waals surface area contributed by atoms with Gasteiger partial charge in [-0.05, 0) is 0 Å². The van der Waals surface area contributed by atoms with Gasteiger partial charge in [-0.1, -0.05) is 0 Å². The topological polar surface area (TPSA) is 81.7 Å². The van der Waals surface area contributed by atoms with E-state index < -0.39 is 18.0 Å². The zero-order chi connectivity index (χ0) is 11.3. The van der Waals surface area contributed by atoms with E-state index in [1.54, 1.807) is 0 Å². The molecule has 0 bridgehead atoms. The van der Waals surface area contributed by atoms with E-state index in [4.69, 9.17) is 4.74 Å². The average molecular weight is 213 g/mol. The van der Waals surface area contributed by atoms with Crippen LogP contribution in [0.15, 0.2) is 12.2 Å². The normalized spacial score (nSPS) is 20.1. The van der Waals surface area contributed by atoms with Crippen LogP contribution < -0.4 is 5.32 Å². The number of rotatable bonds is 3. The van der Waals surface area contributed by atoms with Crippen molar-refractivity contribution >= 4 is 17.8 Å². The van der Waals surface area contributed by atoms with Crippen molar-refractivity contribution in [3.8, 4) is 0 Å². The Morgan fingerprint density at radius 3 is 2.60 bits per heavy atom. The second kappa shape index (κ2) is 5.14. The highest BCUT2D eigenvalue weighted by Crippen LogP contribution is 2.04. The number of amides is 1. The van der Waals surface area contributed by atoms with Crippen LogP contribution >= 0.6 is 0 Å². The molecule has 1 rings (SSSR count). The molecule has 82 valence electrons. The number of carbonyl (C=O) groups is 3. The van der Waals surface area contributed by atoms with Gasteiger partial charge >= 0.3 is 11.9 Å². The zero-order valence-electron chi connectivity index (χ0n) is 8.19. The predicted octanol–water partition coefficient (Wildman–Crippen LogP) is -0.853. The second-order valence-electron chi connectivity index (χ2n) is 2.92. The molecule has 0 aromatic rings. The molecule has 0 spiro atoms. The van der Waals surface area contributed by atoms with Gasteiger partial charge in [-0.15, -0.1) is 0 Å². The van der Waals surface area contributed by atoms with E-state index >= 15 is 0 Å². The third-order valence-corrected chi connectivity index (χ3v) is 1.78. The minimum absolute atomic E-state index is 0.148. The molecule has 1 saturated heterocycles. The van der Waals surface area contributed by atoms with Gasteiger partial charge < -0.3 is 14.8 Å². The summed E-state index contributed by atoms with van der Waals surface area (Å²) in [4.78, 5) is 32.4. The number of hydrogen-bond acceptors (Lipinski definition) is 5. The fraction of sp³-hybridized carbons (Fsp3) is 0.444. The molecule has 0 saturated carbocycles. The van der Waals surface area contributed by atoms with Crippen LogP contribution in [0.1, 0.15) is 6.42 Å². The molecule has 1 aliphatic heterocycles. The van der Waals surface area contributed by atoms with Crippen molar-refractivity contribution < 1.29 is 23.9 Å². The maximum Gasteiger partial charge on any atom is 0.331 e. The molecule has 0 aromatic heterocycles. The van der Waals surface area contributed by atoms with Crippen molar-refractivity contribution in [1.29, 1.82) is 0 Å². The minimum Gasteiger partial charge on any atom is -0.466 e. The van der Waals surface area contributed by atoms with Gasteiger partial charge in [0.2, 0.25) is 5.91 Å². The van der Waals surface area contributed by atoms with Crippen LogP contribution in [0.3, 0.4) is 0 Å². The summed E-state index contributed by atoms with van der Waals surface area (Å²) in [6.45, 7) is 0.316. The highest BCUT2D eigenvalue weighted by Gasteiger charge is 2.23. The first-order chi connectivity index (χ1) is 7.11. The Bertz CT molecular complexity index is 310. The third-order valence-electron chi connectivity index (χ3n) is 1.78. The lowest BCUT2D eigenvalue weighted by Gasteiger charge is -2.06. The van der Waals surface area contributed by atoms with E-state index in [1.807, 2.05) is 0 Å². The molecular weight excluding hydrogens is 202 g/mol. The monoisotopic (exact) mass is 213 g/mol. The van der Waals surface area contributed by atoms with Gasteiger partial charge in [0.1, 0.15) is 6.10 Å². The lowest BCUT2D eigenvalue weighted by molar-refractivity contribution is -0.143. The molecule has 0 aromatic carbocycles. The number of methoxy groups -OCH3 is 1. The van der Waals surface area contributed by atoms with Crippen LogP contribution in [0.25, 0.3) is 0 Å². The largest absolute Gasteiger partial charge is 0.466 e. The van der Waals surface area contributed by atoms with E-state index in [-0.39, 0.29) is 12.3 Å². The first kappa shape index (κ1) is 11.2. The number of nitrogens with one attached hydrogen (secondary N) is 1. The molecule has 1 fully saturated rings. The van der Waals surface area contributed by atoms with Crippen molar-refractivity contribution in [3.05, 3.63) is 12.2 Å². The van der Waals surface area contributed by atoms with E-state index in [0.29, 0.717) is 6.54 Å². The van der Waals surface area contributed by atoms with Gasteiger partial charge in [-0.25, -0.2) is 9.59 Å². The highest BCUT2D eigenvalue weighted by atomic mass is 16.5. The van der Waals surface area contributed by atoms with Crippen LogP contribution in [-0.2, 0) is 23.9 Å². The summed E-state index contributed by atoms with van der Waals surface area (Å²) in [5, 5.41) is 2.52. The molecule has 15 heavy (non-hydrogen) atoms. The van der Waals surface area contributed by atoms with Gasteiger partial charge in [-0.3, -0.25) is 4.79 Å². The molecule has 0 radical (unpaired) electrons. The zero-order valence-corrected chi connectivity index (χ0v) is 8.19. The van der Waals surface area contributed by atoms with Crippen LogP contribution in [0.2, 0.25) is 0 Å². The van der Waals surface area contributed by atoms with Crippen LogP contribution in [0.4, 0.5) is 0 Å². The van der Waals surface area contributed by atoms with Crippen molar-refractivity contribution in [2.75, 3.05) is 13.7 Å². The number of carbonyl (C=O) groups excluding carboxylic acids is 3. The Labute approximate surface area is 86.2 Å². The second-order valence-corrected chi connectivity index (χ2v) is 2.92. The summed E-state index contributed by atoms with van der Waals surface area (Å²) in [5.41, 5.74) is 0. The Balaban J connectivity index is 2.33. The van der Waals surface area contributed by atoms with Gasteiger partial charge in [0.25, 0.3) is 0 Å². The predicted molar refractivity (Wildman–Crippen MR) is 48.7 cm³/mol. The Kier molecular flexibility index (Phi) is 3.84. The van der Waals surface area contributed by atoms with Gasteiger partial charge in [-0.2, -0.15) is 0 Å². The number of hydrogen-bond donors (Lipinski definition) is 1. The van der Waals surface area contributed by atoms with E-state index in [2.05, 4.69) is 10.1 Å². The minimum atomic E-state index is -0.665. The van der Waals surface area contributed by atoms with Gasteiger partial charge in [0.15, 0.2) is 0 Å². The molecular formula is C9H11NO5. The summed E-state index contributed by atoms with van der Waals surface area (Å²) in [7, 11) is 1.21. The summed E-state index contributed by atoms with van der Waals surface area (Å²) in [6.07, 6.45) is 1.64. The van der Waals surface area contributed by atoms with Crippen molar-refractivity contribution in [2.45, 2.75) is 12.5 Å². The Morgan fingerprint density at radius 1 is 1.40 bits per heavy atom. The maximum absolute atomic E-state index is 11.1. The van der Waals surface area contributed by atoms with Gasteiger partial charge in [0, 0.05) is 12.2 Å². The SMILES string of the molecule is COC(=O)/C=C/C(=O)OC1CNC(=O)C1. The van der Waals surface area contributed by atoms with Crippen LogP contribution in [0.5, 0.6) is 0 Å². The van der Waals surface area contributed by atoms with Crippen LogP contribution in [0, 0.1) is 0 Å². The first-order valence-electron chi connectivity index (χ1n) is 4.35. The molecule has 1 unspecified atom stereocenters. The van der Waals surface area contributed by atoms with Crippen molar-refractivity contribution in [2.24, 2.45) is 0 Å². The number of ether oxygens (including phenoxy) is 2. The first-order valence-corrected chi connectivity index (χ1v) is 4.35. The van der Waals surface area contributed by atoms with Gasteiger partial charge in [0.05, 0.1) is 20.1 Å². The summed E-state index contributed by atoms with van der Waals surface area (Å²) < 4.78 is 9.15. The standard InChI is InChI=1S/C9H11NO5/c1-14-8(12)2-3-9(13)15-6-4-7(11)10-5-6/h2-3,6H,4-5H2,1H3,(H,10,11)/b3-2+. The molecule has 1 atom stereocenters. The van der Waals surface area contributed by atoms with E-state index in [9.17, 15) is 14.4 Å². The quantitative estimate of drug-likeness (QED) is 0.487. The Hall–Kier alpha value is -1.85. The average Bonchev–Trinajstić information content (AvgIpc) is 2.60. The van der Waals surface area contributed by atoms with Crippen molar-refractivity contribution in [1.82, 2.24) is 5.32 Å². The smallest absolute Gasteiger partial charge is 0.331 e. The fourth-order valence-electron chi connectivity index (χ4n) is 1.07. The summed E-state index contributed by atoms with van der Waals surface area (Å²) >= 11 is 0. The molecule has 1 amide bonds. The Morgan fingerprint density at radius 2 is 2.07 bits per heavy atom. The third kappa shape index (κ3) is 3.80. The number of esters is 2. The molecule has 1 N–H and O–H groups in total.